The van der Waals surface area contributed by atoms with E-state index in [0.29, 0.717) is 6.54 Å². The van der Waals surface area contributed by atoms with Crippen LogP contribution in [0.5, 0.6) is 0 Å². The Labute approximate surface area is 232 Å². The quantitative estimate of drug-likeness (QED) is 0.0506. The molecule has 3 N–H and O–H groups in total. The molecular formula is C31H58NO6+. The summed E-state index contributed by atoms with van der Waals surface area (Å²) in [6.45, 7) is 3.75. The molecule has 0 heterocycles. The molecule has 0 spiro atoms. The number of quaternary nitrogens is 1. The second kappa shape index (κ2) is 25.4. The number of nitrogens with zero attached hydrogens (tertiary/aromatic N) is 1. The molecule has 0 aliphatic carbocycles. The fourth-order valence-corrected chi connectivity index (χ4v) is 5.07. The van der Waals surface area contributed by atoms with E-state index in [1.807, 2.05) is 0 Å². The van der Waals surface area contributed by atoms with Crippen LogP contribution in [0.1, 0.15) is 142 Å². The van der Waals surface area contributed by atoms with Crippen molar-refractivity contribution in [2.24, 2.45) is 0 Å². The smallest absolute Gasteiger partial charge is 0.309 e. The third-order valence-corrected chi connectivity index (χ3v) is 7.54. The van der Waals surface area contributed by atoms with E-state index in [1.165, 1.54) is 96.3 Å². The zero-order valence-corrected chi connectivity index (χ0v) is 24.3. The summed E-state index contributed by atoms with van der Waals surface area (Å²) in [6, 6.07) is 0. The number of carboxylic acids is 3. The van der Waals surface area contributed by atoms with Crippen LogP contribution < -0.4 is 0 Å². The van der Waals surface area contributed by atoms with Gasteiger partial charge in [-0.05, 0) is 38.5 Å². The number of allylic oxidation sites excluding steroid dienone is 2. The molecule has 0 aliphatic rings. The third-order valence-electron chi connectivity index (χ3n) is 7.54. The topological polar surface area (TPSA) is 112 Å². The van der Waals surface area contributed by atoms with Crippen molar-refractivity contribution >= 4 is 17.9 Å². The van der Waals surface area contributed by atoms with Crippen molar-refractivity contribution in [3.05, 3.63) is 12.2 Å². The number of rotatable bonds is 29. The Morgan fingerprint density at radius 2 is 0.789 bits per heavy atom. The molecule has 0 saturated heterocycles. The highest BCUT2D eigenvalue weighted by molar-refractivity contribution is 5.67. The number of unbranched alkanes of at least 4 members (excludes halogenated alkanes) is 16. The van der Waals surface area contributed by atoms with Gasteiger partial charge in [0.15, 0.2) is 0 Å². The maximum Gasteiger partial charge on any atom is 0.309 e. The van der Waals surface area contributed by atoms with Gasteiger partial charge in [0.1, 0.15) is 0 Å². The number of carbonyl (C=O) groups is 3. The molecule has 0 rings (SSSR count). The molecule has 0 aromatic carbocycles. The summed E-state index contributed by atoms with van der Waals surface area (Å²) in [5.41, 5.74) is 0. The summed E-state index contributed by atoms with van der Waals surface area (Å²) < 4.78 is 0.263. The minimum atomic E-state index is -0.932. The van der Waals surface area contributed by atoms with Crippen LogP contribution in [-0.4, -0.2) is 63.9 Å². The predicted molar refractivity (Wildman–Crippen MR) is 154 cm³/mol. The average Bonchev–Trinajstić information content (AvgIpc) is 2.88. The largest absolute Gasteiger partial charge is 0.481 e. The van der Waals surface area contributed by atoms with Crippen LogP contribution in [0.25, 0.3) is 0 Å². The van der Waals surface area contributed by atoms with Crippen molar-refractivity contribution in [2.75, 3.05) is 26.2 Å². The van der Waals surface area contributed by atoms with Gasteiger partial charge in [0.2, 0.25) is 0 Å². The number of carboxylic acid groups (broad SMARTS) is 3. The molecular weight excluding hydrogens is 482 g/mol. The van der Waals surface area contributed by atoms with E-state index in [1.54, 1.807) is 0 Å². The van der Waals surface area contributed by atoms with Crippen molar-refractivity contribution in [2.45, 2.75) is 142 Å². The van der Waals surface area contributed by atoms with Gasteiger partial charge in [-0.25, -0.2) is 0 Å². The van der Waals surface area contributed by atoms with E-state index >= 15 is 0 Å². The molecule has 7 heteroatoms. The van der Waals surface area contributed by atoms with Crippen molar-refractivity contribution < 1.29 is 34.2 Å². The van der Waals surface area contributed by atoms with E-state index < -0.39 is 17.9 Å². The Balaban J connectivity index is 3.91. The Hall–Kier alpha value is -1.89. The van der Waals surface area contributed by atoms with E-state index in [4.69, 9.17) is 15.3 Å². The molecule has 38 heavy (non-hydrogen) atoms. The molecule has 0 aromatic heterocycles. The first kappa shape index (κ1) is 36.1. The Morgan fingerprint density at radius 1 is 0.474 bits per heavy atom. The lowest BCUT2D eigenvalue weighted by Gasteiger charge is -2.38. The lowest BCUT2D eigenvalue weighted by Crippen LogP contribution is -2.52. The van der Waals surface area contributed by atoms with Gasteiger partial charge in [-0.3, -0.25) is 14.4 Å². The zero-order chi connectivity index (χ0) is 28.3. The second-order valence-electron chi connectivity index (χ2n) is 11.0. The molecule has 0 radical (unpaired) electrons. The van der Waals surface area contributed by atoms with Crippen molar-refractivity contribution in [3.63, 3.8) is 0 Å². The van der Waals surface area contributed by atoms with Crippen molar-refractivity contribution in [1.82, 2.24) is 0 Å². The highest BCUT2D eigenvalue weighted by atomic mass is 16.4. The van der Waals surface area contributed by atoms with E-state index in [2.05, 4.69) is 19.1 Å². The molecule has 0 unspecified atom stereocenters. The van der Waals surface area contributed by atoms with Gasteiger partial charge < -0.3 is 19.8 Å². The third kappa shape index (κ3) is 24.4. The Kier molecular flexibility index (Phi) is 24.1. The van der Waals surface area contributed by atoms with Crippen LogP contribution >= 0.6 is 0 Å². The maximum absolute atomic E-state index is 11.1. The van der Waals surface area contributed by atoms with Gasteiger partial charge in [-0.2, -0.15) is 0 Å². The van der Waals surface area contributed by atoms with Crippen LogP contribution in [0, 0.1) is 0 Å². The van der Waals surface area contributed by atoms with Gasteiger partial charge in [-0.1, -0.05) is 96.1 Å². The van der Waals surface area contributed by atoms with Crippen molar-refractivity contribution in [3.8, 4) is 0 Å². The highest BCUT2D eigenvalue weighted by Crippen LogP contribution is 2.17. The second-order valence-corrected chi connectivity index (χ2v) is 11.0. The van der Waals surface area contributed by atoms with Gasteiger partial charge >= 0.3 is 17.9 Å². The monoisotopic (exact) mass is 540 g/mol. The van der Waals surface area contributed by atoms with E-state index in [-0.39, 0.29) is 43.4 Å². The minimum Gasteiger partial charge on any atom is -0.481 e. The summed E-state index contributed by atoms with van der Waals surface area (Å²) in [5.74, 6) is -2.80. The summed E-state index contributed by atoms with van der Waals surface area (Å²) in [6.07, 6.45) is 27.0. The molecule has 0 aliphatic heterocycles. The van der Waals surface area contributed by atoms with Gasteiger partial charge in [-0.15, -0.1) is 0 Å². The standard InChI is InChI=1S/C31H57NO6/c1-2-3-4-5-6-7-8-9-10-11-12-13-14-15-16-17-18-19-20-21-25-32(26-22-29(33)34,27-23-30(35)36)28-24-31(37)38/h9-10H,2-8,11-28H2,1H3,(H2-,33,34,35,36,37,38)/p+1/b10-9+. The molecule has 7 nitrogen and oxygen atoms in total. The molecule has 0 fully saturated rings. The first-order valence-corrected chi connectivity index (χ1v) is 15.5. The molecule has 0 bridgehead atoms. The predicted octanol–water partition coefficient (Wildman–Crippen LogP) is 7.83. The first-order valence-electron chi connectivity index (χ1n) is 15.5. The number of hydrogen-bond acceptors (Lipinski definition) is 3. The molecule has 222 valence electrons. The van der Waals surface area contributed by atoms with Crippen molar-refractivity contribution in [1.29, 1.82) is 0 Å². The fourth-order valence-electron chi connectivity index (χ4n) is 5.07. The fraction of sp³-hybridized carbons (Fsp3) is 0.839. The van der Waals surface area contributed by atoms with Gasteiger partial charge in [0.25, 0.3) is 0 Å². The number of aliphatic carboxylic acids is 3. The van der Waals surface area contributed by atoms with Crippen LogP contribution in [-0.2, 0) is 14.4 Å². The van der Waals surface area contributed by atoms with E-state index in [9.17, 15) is 14.4 Å². The van der Waals surface area contributed by atoms with Crippen LogP contribution in [0.2, 0.25) is 0 Å². The number of hydrogen-bond donors (Lipinski definition) is 3. The first-order chi connectivity index (χ1) is 18.3. The zero-order valence-electron chi connectivity index (χ0n) is 24.3. The van der Waals surface area contributed by atoms with E-state index in [0.717, 1.165) is 19.3 Å². The Bertz CT molecular complexity index is 588. The average molecular weight is 541 g/mol. The normalized spacial score (nSPS) is 11.8. The lowest BCUT2D eigenvalue weighted by atomic mass is 10.0. The maximum atomic E-state index is 11.1. The molecule has 0 amide bonds. The molecule has 0 aromatic rings. The SMILES string of the molecule is CCCCCCCC/C=C/CCCCCCCCCCCC[N+](CCC(=O)O)(CCC(=O)O)CCC(=O)O. The van der Waals surface area contributed by atoms with Crippen LogP contribution in [0.3, 0.4) is 0 Å². The summed E-state index contributed by atoms with van der Waals surface area (Å²) in [4.78, 5) is 33.4. The summed E-state index contributed by atoms with van der Waals surface area (Å²) in [5, 5.41) is 27.4. The van der Waals surface area contributed by atoms with Gasteiger partial charge in [0, 0.05) is 0 Å². The van der Waals surface area contributed by atoms with Gasteiger partial charge in [0.05, 0.1) is 45.4 Å². The highest BCUT2D eigenvalue weighted by Gasteiger charge is 2.29. The summed E-state index contributed by atoms with van der Waals surface area (Å²) in [7, 11) is 0. The van der Waals surface area contributed by atoms with Crippen LogP contribution in [0.15, 0.2) is 12.2 Å². The lowest BCUT2D eigenvalue weighted by molar-refractivity contribution is -0.927. The molecule has 0 saturated carbocycles. The summed E-state index contributed by atoms with van der Waals surface area (Å²) >= 11 is 0. The van der Waals surface area contributed by atoms with Crippen LogP contribution in [0.4, 0.5) is 0 Å². The molecule has 0 atom stereocenters. The minimum absolute atomic E-state index is 0.0747. The Morgan fingerprint density at radius 3 is 1.13 bits per heavy atom.